The van der Waals surface area contributed by atoms with Gasteiger partial charge in [0.25, 0.3) is 5.91 Å². The first-order chi connectivity index (χ1) is 13.5. The Morgan fingerprint density at radius 2 is 2.04 bits per heavy atom. The van der Waals surface area contributed by atoms with Gasteiger partial charge in [-0.2, -0.15) is 0 Å². The molecule has 2 saturated heterocycles. The van der Waals surface area contributed by atoms with Gasteiger partial charge < -0.3 is 10.2 Å². The van der Waals surface area contributed by atoms with Crippen molar-refractivity contribution in [1.82, 2.24) is 20.4 Å². The second-order valence-corrected chi connectivity index (χ2v) is 8.11. The molecule has 3 amide bonds. The minimum Gasteiger partial charge on any atom is -0.322 e. The highest BCUT2D eigenvalue weighted by molar-refractivity contribution is 6.05. The second kappa shape index (κ2) is 8.01. The predicted molar refractivity (Wildman–Crippen MR) is 104 cm³/mol. The summed E-state index contributed by atoms with van der Waals surface area (Å²) in [6.07, 6.45) is 4.31. The molecule has 2 atom stereocenters. The number of amides is 3. The number of benzene rings is 1. The van der Waals surface area contributed by atoms with E-state index in [1.54, 1.807) is 4.90 Å². The van der Waals surface area contributed by atoms with Gasteiger partial charge in [0.15, 0.2) is 0 Å². The maximum Gasteiger partial charge on any atom is 0.255 e. The zero-order valence-electron chi connectivity index (χ0n) is 16.4. The summed E-state index contributed by atoms with van der Waals surface area (Å²) in [6, 6.07) is 5.79. The maximum absolute atomic E-state index is 12.9. The summed E-state index contributed by atoms with van der Waals surface area (Å²) in [4.78, 5) is 40.6. The lowest BCUT2D eigenvalue weighted by molar-refractivity contribution is -0.136. The number of fused-ring (bicyclic) bond motifs is 1. The van der Waals surface area contributed by atoms with E-state index in [-0.39, 0.29) is 24.1 Å². The molecule has 3 aliphatic rings. The van der Waals surface area contributed by atoms with Gasteiger partial charge in [0, 0.05) is 37.7 Å². The van der Waals surface area contributed by atoms with Crippen molar-refractivity contribution < 1.29 is 14.4 Å². The van der Waals surface area contributed by atoms with Crippen molar-refractivity contribution in [3.8, 4) is 0 Å². The van der Waals surface area contributed by atoms with Crippen LogP contribution in [0.1, 0.15) is 53.6 Å². The van der Waals surface area contributed by atoms with Crippen molar-refractivity contribution in [3.05, 3.63) is 34.9 Å². The lowest BCUT2D eigenvalue weighted by Gasteiger charge is -2.29. The van der Waals surface area contributed by atoms with Crippen LogP contribution in [0.25, 0.3) is 0 Å². The molecule has 4 rings (SSSR count). The Bertz CT molecular complexity index is 786. The molecule has 0 aromatic heterocycles. The molecule has 7 heteroatoms. The number of carbonyl (C=O) groups excluding carboxylic acids is 3. The molecule has 3 aliphatic heterocycles. The van der Waals surface area contributed by atoms with Crippen LogP contribution in [0.5, 0.6) is 0 Å². The largest absolute Gasteiger partial charge is 0.322 e. The van der Waals surface area contributed by atoms with Crippen LogP contribution < -0.4 is 10.6 Å². The summed E-state index contributed by atoms with van der Waals surface area (Å²) < 4.78 is 0. The van der Waals surface area contributed by atoms with Crippen LogP contribution in [0.4, 0.5) is 0 Å². The molecule has 0 saturated carbocycles. The second-order valence-electron chi connectivity index (χ2n) is 8.11. The van der Waals surface area contributed by atoms with Gasteiger partial charge >= 0.3 is 0 Å². The van der Waals surface area contributed by atoms with Crippen LogP contribution in [-0.4, -0.2) is 59.7 Å². The number of piperidine rings is 1. The normalized spacial score (nSPS) is 25.6. The Hall–Kier alpha value is -2.25. The minimum absolute atomic E-state index is 0.106. The van der Waals surface area contributed by atoms with Gasteiger partial charge in [-0.05, 0) is 50.0 Å². The van der Waals surface area contributed by atoms with Crippen LogP contribution in [0.15, 0.2) is 18.2 Å². The Morgan fingerprint density at radius 1 is 1.18 bits per heavy atom. The molecule has 2 fully saturated rings. The first-order valence-electron chi connectivity index (χ1n) is 10.2. The maximum atomic E-state index is 12.9. The summed E-state index contributed by atoms with van der Waals surface area (Å²) >= 11 is 0. The van der Waals surface area contributed by atoms with Crippen molar-refractivity contribution in [2.45, 2.75) is 57.3 Å². The fraction of sp³-hybridized carbons (Fsp3) is 0.571. The molecule has 2 N–H and O–H groups in total. The molecule has 1 aromatic carbocycles. The average molecular weight is 384 g/mol. The fourth-order valence-corrected chi connectivity index (χ4v) is 4.57. The van der Waals surface area contributed by atoms with Crippen molar-refractivity contribution in [1.29, 1.82) is 0 Å². The average Bonchev–Trinajstić information content (AvgIpc) is 2.86. The molecular weight excluding hydrogens is 356 g/mol. The molecule has 0 aliphatic carbocycles. The third-order valence-corrected chi connectivity index (χ3v) is 6.24. The number of likely N-dealkylation sites (N-methyl/N-ethyl adjacent to an activating group) is 1. The molecular formula is C21H28N4O3. The highest BCUT2D eigenvalue weighted by atomic mass is 16.2. The van der Waals surface area contributed by atoms with E-state index in [0.29, 0.717) is 24.6 Å². The van der Waals surface area contributed by atoms with Gasteiger partial charge in [0.1, 0.15) is 6.04 Å². The van der Waals surface area contributed by atoms with Gasteiger partial charge in [0.05, 0.1) is 0 Å². The number of carbonyl (C=O) groups is 3. The SMILES string of the molecule is CN(Cc1cccc2c1CN(C1CCC(=O)NC1=O)C2=O)C1CCCCNC1. The van der Waals surface area contributed by atoms with Gasteiger partial charge in [-0.25, -0.2) is 0 Å². The zero-order chi connectivity index (χ0) is 19.7. The van der Waals surface area contributed by atoms with Crippen LogP contribution in [0.2, 0.25) is 0 Å². The van der Waals surface area contributed by atoms with E-state index in [1.165, 1.54) is 19.3 Å². The molecule has 2 unspecified atom stereocenters. The van der Waals surface area contributed by atoms with Crippen molar-refractivity contribution in [2.24, 2.45) is 0 Å². The fourth-order valence-electron chi connectivity index (χ4n) is 4.57. The zero-order valence-corrected chi connectivity index (χ0v) is 16.4. The molecule has 0 bridgehead atoms. The number of rotatable bonds is 4. The summed E-state index contributed by atoms with van der Waals surface area (Å²) in [5.74, 6) is -0.726. The molecule has 1 aromatic rings. The molecule has 150 valence electrons. The Labute approximate surface area is 165 Å². The van der Waals surface area contributed by atoms with Crippen LogP contribution in [0.3, 0.4) is 0 Å². The van der Waals surface area contributed by atoms with Crippen LogP contribution in [0, 0.1) is 0 Å². The summed E-state index contributed by atoms with van der Waals surface area (Å²) in [5.41, 5.74) is 2.85. The van der Waals surface area contributed by atoms with Gasteiger partial charge in [-0.1, -0.05) is 18.6 Å². The third kappa shape index (κ3) is 3.69. The number of hydrogen-bond donors (Lipinski definition) is 2. The summed E-state index contributed by atoms with van der Waals surface area (Å²) in [6.45, 7) is 3.30. The monoisotopic (exact) mass is 384 g/mol. The number of nitrogens with one attached hydrogen (secondary N) is 2. The van der Waals surface area contributed by atoms with Gasteiger partial charge in [-0.3, -0.25) is 24.6 Å². The molecule has 0 radical (unpaired) electrons. The van der Waals surface area contributed by atoms with E-state index >= 15 is 0 Å². The van der Waals surface area contributed by atoms with Crippen LogP contribution >= 0.6 is 0 Å². The van der Waals surface area contributed by atoms with Crippen molar-refractivity contribution >= 4 is 17.7 Å². The van der Waals surface area contributed by atoms with E-state index in [2.05, 4.69) is 28.6 Å². The van der Waals surface area contributed by atoms with Gasteiger partial charge in [-0.15, -0.1) is 0 Å². The smallest absolute Gasteiger partial charge is 0.255 e. The van der Waals surface area contributed by atoms with Crippen molar-refractivity contribution in [3.63, 3.8) is 0 Å². The molecule has 0 spiro atoms. The van der Waals surface area contributed by atoms with E-state index in [9.17, 15) is 14.4 Å². The molecule has 3 heterocycles. The highest BCUT2D eigenvalue weighted by Gasteiger charge is 2.39. The van der Waals surface area contributed by atoms with E-state index in [0.717, 1.165) is 30.8 Å². The van der Waals surface area contributed by atoms with Crippen LogP contribution in [-0.2, 0) is 22.7 Å². The Balaban J connectivity index is 1.51. The molecule has 7 nitrogen and oxygen atoms in total. The number of nitrogens with zero attached hydrogens (tertiary/aromatic N) is 2. The van der Waals surface area contributed by atoms with E-state index in [1.807, 2.05) is 12.1 Å². The first kappa shape index (κ1) is 19.1. The first-order valence-corrected chi connectivity index (χ1v) is 10.2. The quantitative estimate of drug-likeness (QED) is 0.758. The summed E-state index contributed by atoms with van der Waals surface area (Å²) in [5, 5.41) is 5.87. The lowest BCUT2D eigenvalue weighted by Crippen LogP contribution is -2.52. The highest BCUT2D eigenvalue weighted by Crippen LogP contribution is 2.30. The Morgan fingerprint density at radius 3 is 2.86 bits per heavy atom. The van der Waals surface area contributed by atoms with E-state index in [4.69, 9.17) is 0 Å². The minimum atomic E-state index is -0.561. The standard InChI is InChI=1S/C21H28N4O3/c1-24(15-6-2-3-10-22-11-15)12-14-5-4-7-16-17(14)13-25(21(16)28)18-8-9-19(26)23-20(18)27/h4-5,7,15,18,22H,2-3,6,8-13H2,1H3,(H,23,26,27). The number of imide groups is 1. The van der Waals surface area contributed by atoms with Gasteiger partial charge in [0.2, 0.25) is 11.8 Å². The topological polar surface area (TPSA) is 81.8 Å². The Kier molecular flexibility index (Phi) is 5.46. The molecule has 28 heavy (non-hydrogen) atoms. The number of hydrogen-bond acceptors (Lipinski definition) is 5. The third-order valence-electron chi connectivity index (χ3n) is 6.24. The van der Waals surface area contributed by atoms with E-state index < -0.39 is 6.04 Å². The van der Waals surface area contributed by atoms with Crippen molar-refractivity contribution in [2.75, 3.05) is 20.1 Å². The predicted octanol–water partition coefficient (Wildman–Crippen LogP) is 1.02. The summed E-state index contributed by atoms with van der Waals surface area (Å²) in [7, 11) is 2.14. The lowest BCUT2D eigenvalue weighted by atomic mass is 10.0.